The van der Waals surface area contributed by atoms with Crippen LogP contribution in [0.2, 0.25) is 0 Å². The summed E-state index contributed by atoms with van der Waals surface area (Å²) in [7, 11) is 0. The van der Waals surface area contributed by atoms with Gasteiger partial charge in [-0.2, -0.15) is 0 Å². The highest BCUT2D eigenvalue weighted by molar-refractivity contribution is 5.28. The zero-order chi connectivity index (χ0) is 20.5. The van der Waals surface area contributed by atoms with Crippen LogP contribution in [0.5, 0.6) is 0 Å². The molecule has 0 amide bonds. The minimum absolute atomic E-state index is 0.113. The monoisotopic (exact) mass is 402 g/mol. The van der Waals surface area contributed by atoms with Gasteiger partial charge in [0.1, 0.15) is 0 Å². The third kappa shape index (κ3) is 2.72. The molecule has 1 spiro atoms. The lowest BCUT2D eigenvalue weighted by molar-refractivity contribution is -0.202. The molecule has 1 heterocycles. The van der Waals surface area contributed by atoms with E-state index in [-0.39, 0.29) is 16.6 Å². The molecule has 3 saturated carbocycles. The molecule has 0 aromatic carbocycles. The van der Waals surface area contributed by atoms with Crippen LogP contribution in [0.4, 0.5) is 0 Å². The highest BCUT2D eigenvalue weighted by Gasteiger charge is 2.65. The molecular formula is C26H42O3. The van der Waals surface area contributed by atoms with Gasteiger partial charge in [-0.05, 0) is 73.0 Å². The Morgan fingerprint density at radius 1 is 1.10 bits per heavy atom. The molecule has 1 N–H and O–H groups in total. The Hall–Kier alpha value is -0.380. The minimum atomic E-state index is -0.433. The van der Waals surface area contributed by atoms with E-state index in [1.165, 1.54) is 32.1 Å². The number of unbranched alkanes of at least 4 members (excludes halogenated alkanes) is 1. The van der Waals surface area contributed by atoms with Gasteiger partial charge >= 0.3 is 0 Å². The zero-order valence-electron chi connectivity index (χ0n) is 19.1. The van der Waals surface area contributed by atoms with Gasteiger partial charge in [0, 0.05) is 12.8 Å². The molecule has 4 aliphatic carbocycles. The molecule has 7 atom stereocenters. The molecule has 0 radical (unpaired) electrons. The van der Waals surface area contributed by atoms with Gasteiger partial charge in [-0.25, -0.2) is 0 Å². The van der Waals surface area contributed by atoms with Crippen molar-refractivity contribution in [3.05, 3.63) is 11.6 Å². The summed E-state index contributed by atoms with van der Waals surface area (Å²) in [5.41, 5.74) is 1.57. The van der Waals surface area contributed by atoms with Crippen molar-refractivity contribution in [2.45, 2.75) is 103 Å². The summed E-state index contributed by atoms with van der Waals surface area (Å²) in [6.45, 7) is 11.2. The van der Waals surface area contributed by atoms with Crippen LogP contribution in [-0.2, 0) is 9.47 Å². The predicted octanol–water partition coefficient (Wildman–Crippen LogP) is 5.86. The molecule has 0 aromatic heterocycles. The quantitative estimate of drug-likeness (QED) is 0.601. The van der Waals surface area contributed by atoms with E-state index < -0.39 is 5.60 Å². The first-order chi connectivity index (χ1) is 13.8. The Morgan fingerprint density at radius 3 is 2.55 bits per heavy atom. The van der Waals surface area contributed by atoms with Gasteiger partial charge in [-0.1, -0.05) is 52.2 Å². The molecule has 5 rings (SSSR count). The fourth-order valence-corrected chi connectivity index (χ4v) is 8.79. The second-order valence-corrected chi connectivity index (χ2v) is 11.6. The summed E-state index contributed by atoms with van der Waals surface area (Å²) in [5.74, 6) is 2.41. The Kier molecular flexibility index (Phi) is 4.82. The standard InChI is InChI=1S/C26H42O3/c1-5-6-11-25(27)13-10-21-20-8-7-19-17-26(28-14-15-29-26)16-18(2)24(19,4)22(20)9-12-23(21,25)3/h7,18,20-22,27H,5-6,8-17H2,1-4H3/t18-,20-,21-,22-,23-,24-,25-/m0/s1. The molecule has 5 aliphatic rings. The van der Waals surface area contributed by atoms with Crippen molar-refractivity contribution in [3.63, 3.8) is 0 Å². The number of fused-ring (bicyclic) bond motifs is 5. The van der Waals surface area contributed by atoms with E-state index in [0.29, 0.717) is 11.8 Å². The number of rotatable bonds is 3. The van der Waals surface area contributed by atoms with Gasteiger partial charge in [0.15, 0.2) is 5.79 Å². The van der Waals surface area contributed by atoms with Gasteiger partial charge in [-0.3, -0.25) is 0 Å². The summed E-state index contributed by atoms with van der Waals surface area (Å²) in [4.78, 5) is 0. The lowest BCUT2D eigenvalue weighted by atomic mass is 9.44. The van der Waals surface area contributed by atoms with Crippen LogP contribution in [0, 0.1) is 34.5 Å². The summed E-state index contributed by atoms with van der Waals surface area (Å²) >= 11 is 0. The summed E-state index contributed by atoms with van der Waals surface area (Å²) in [6.07, 6.45) is 13.8. The molecule has 0 unspecified atom stereocenters. The molecule has 0 aromatic rings. The molecule has 1 saturated heterocycles. The Labute approximate surface area is 177 Å². The maximum atomic E-state index is 11.7. The van der Waals surface area contributed by atoms with Gasteiger partial charge in [-0.15, -0.1) is 0 Å². The normalized spacial score (nSPS) is 50.7. The van der Waals surface area contributed by atoms with Crippen LogP contribution in [0.1, 0.15) is 91.9 Å². The average Bonchev–Trinajstić information content (AvgIpc) is 3.24. The molecule has 4 fully saturated rings. The second-order valence-electron chi connectivity index (χ2n) is 11.6. The number of ether oxygens (including phenoxy) is 2. The molecule has 3 heteroatoms. The van der Waals surface area contributed by atoms with E-state index in [1.807, 2.05) is 0 Å². The molecule has 3 nitrogen and oxygen atoms in total. The van der Waals surface area contributed by atoms with Crippen LogP contribution in [0.15, 0.2) is 11.6 Å². The van der Waals surface area contributed by atoms with Gasteiger partial charge in [0.25, 0.3) is 0 Å². The van der Waals surface area contributed by atoms with E-state index in [2.05, 4.69) is 33.8 Å². The molecule has 1 aliphatic heterocycles. The lowest BCUT2D eigenvalue weighted by Gasteiger charge is -2.61. The maximum Gasteiger partial charge on any atom is 0.172 e. The van der Waals surface area contributed by atoms with Gasteiger partial charge in [0.2, 0.25) is 0 Å². The van der Waals surface area contributed by atoms with Crippen molar-refractivity contribution in [3.8, 4) is 0 Å². The third-order valence-electron chi connectivity index (χ3n) is 10.7. The van der Waals surface area contributed by atoms with Crippen molar-refractivity contribution in [2.75, 3.05) is 13.2 Å². The Balaban J connectivity index is 1.44. The van der Waals surface area contributed by atoms with E-state index in [0.717, 1.165) is 57.2 Å². The van der Waals surface area contributed by atoms with Crippen molar-refractivity contribution in [2.24, 2.45) is 34.5 Å². The fourth-order valence-electron chi connectivity index (χ4n) is 8.79. The molecule has 164 valence electrons. The van der Waals surface area contributed by atoms with Crippen LogP contribution < -0.4 is 0 Å². The maximum absolute atomic E-state index is 11.7. The first kappa shape index (κ1) is 20.5. The molecule has 0 bridgehead atoms. The number of aliphatic hydroxyl groups is 1. The Morgan fingerprint density at radius 2 is 1.83 bits per heavy atom. The van der Waals surface area contributed by atoms with Crippen LogP contribution in [0.25, 0.3) is 0 Å². The average molecular weight is 403 g/mol. The van der Waals surface area contributed by atoms with E-state index in [4.69, 9.17) is 9.47 Å². The lowest BCUT2D eigenvalue weighted by Crippen LogP contribution is -2.57. The van der Waals surface area contributed by atoms with Crippen molar-refractivity contribution in [1.82, 2.24) is 0 Å². The number of hydrogen-bond donors (Lipinski definition) is 1. The van der Waals surface area contributed by atoms with E-state index in [1.54, 1.807) is 5.57 Å². The topological polar surface area (TPSA) is 38.7 Å². The zero-order valence-corrected chi connectivity index (χ0v) is 19.1. The first-order valence-corrected chi connectivity index (χ1v) is 12.5. The van der Waals surface area contributed by atoms with Crippen molar-refractivity contribution >= 4 is 0 Å². The van der Waals surface area contributed by atoms with Crippen LogP contribution >= 0.6 is 0 Å². The fraction of sp³-hybridized carbons (Fsp3) is 0.923. The third-order valence-corrected chi connectivity index (χ3v) is 10.7. The first-order valence-electron chi connectivity index (χ1n) is 12.5. The second kappa shape index (κ2) is 6.81. The molecular weight excluding hydrogens is 360 g/mol. The van der Waals surface area contributed by atoms with Crippen LogP contribution in [-0.4, -0.2) is 29.7 Å². The number of hydrogen-bond acceptors (Lipinski definition) is 3. The number of allylic oxidation sites excluding steroid dienone is 1. The SMILES string of the molecule is CCCC[C@]1(O)CC[C@H]2[C@@H]3CC=C4CC5(C[C@H](C)[C@]4(C)[C@H]3CC[C@@]21C)OCCO5. The predicted molar refractivity (Wildman–Crippen MR) is 115 cm³/mol. The minimum Gasteiger partial charge on any atom is -0.389 e. The summed E-state index contributed by atoms with van der Waals surface area (Å²) < 4.78 is 12.3. The highest BCUT2D eigenvalue weighted by atomic mass is 16.7. The van der Waals surface area contributed by atoms with Gasteiger partial charge in [0.05, 0.1) is 18.8 Å². The smallest absolute Gasteiger partial charge is 0.172 e. The molecule has 29 heavy (non-hydrogen) atoms. The highest BCUT2D eigenvalue weighted by Crippen LogP contribution is 2.69. The van der Waals surface area contributed by atoms with E-state index >= 15 is 0 Å². The summed E-state index contributed by atoms with van der Waals surface area (Å²) in [6, 6.07) is 0. The summed E-state index contributed by atoms with van der Waals surface area (Å²) in [5, 5.41) is 11.7. The Bertz CT molecular complexity index is 679. The van der Waals surface area contributed by atoms with E-state index in [9.17, 15) is 5.11 Å². The van der Waals surface area contributed by atoms with Crippen molar-refractivity contribution in [1.29, 1.82) is 0 Å². The van der Waals surface area contributed by atoms with Crippen LogP contribution in [0.3, 0.4) is 0 Å². The van der Waals surface area contributed by atoms with Crippen molar-refractivity contribution < 1.29 is 14.6 Å². The largest absolute Gasteiger partial charge is 0.389 e. The van der Waals surface area contributed by atoms with Gasteiger partial charge < -0.3 is 14.6 Å².